The average Bonchev–Trinajstić information content (AvgIpc) is 1.95. The summed E-state index contributed by atoms with van der Waals surface area (Å²) in [6, 6.07) is 0. The lowest BCUT2D eigenvalue weighted by Crippen LogP contribution is -3.00. The maximum absolute atomic E-state index is 12.5. The highest BCUT2D eigenvalue weighted by Crippen LogP contribution is 1.96. The van der Waals surface area contributed by atoms with E-state index in [2.05, 4.69) is 4.18 Å². The molecule has 15 heavy (non-hydrogen) atoms. The molecule has 0 N–H and O–H groups in total. The van der Waals surface area contributed by atoms with Crippen molar-refractivity contribution in [2.24, 2.45) is 0 Å². The lowest BCUT2D eigenvalue weighted by Gasteiger charge is -2.23. The van der Waals surface area contributed by atoms with Crippen LogP contribution in [0.2, 0.25) is 0 Å². The summed E-state index contributed by atoms with van der Waals surface area (Å²) in [5.41, 5.74) is 0. The zero-order valence-corrected chi connectivity index (χ0v) is 10.6. The van der Waals surface area contributed by atoms with Gasteiger partial charge in [-0.05, 0) is 0 Å². The molecule has 94 valence electrons. The van der Waals surface area contributed by atoms with E-state index in [9.17, 15) is 12.8 Å². The number of hydrogen-bond acceptors (Lipinski definition) is 4. The molecule has 0 amide bonds. The van der Waals surface area contributed by atoms with Crippen LogP contribution in [-0.4, -0.2) is 60.2 Å². The third-order valence-corrected chi connectivity index (χ3v) is 1.76. The summed E-state index contributed by atoms with van der Waals surface area (Å²) >= 11 is 0. The highest BCUT2D eigenvalue weighted by molar-refractivity contribution is 7.67. The van der Waals surface area contributed by atoms with Crippen molar-refractivity contribution in [1.82, 2.24) is 0 Å². The van der Waals surface area contributed by atoms with Gasteiger partial charge in [0.2, 0.25) is 6.36 Å². The molecule has 0 saturated carbocycles. The minimum atomic E-state index is -3.14. The van der Waals surface area contributed by atoms with Crippen molar-refractivity contribution in [2.75, 3.05) is 40.9 Å². The molecule has 0 aromatic heterocycles. The summed E-state index contributed by atoms with van der Waals surface area (Å²) in [5, 5.41) is 0. The molecule has 0 aromatic rings. The zero-order valence-electron chi connectivity index (χ0n) is 8.98. The maximum atomic E-state index is 12.5. The van der Waals surface area contributed by atoms with E-state index in [1.54, 1.807) is 0 Å². The van der Waals surface area contributed by atoms with Gasteiger partial charge in [-0.15, -0.1) is 0 Å². The number of quaternary nitrogens is 1. The molecule has 0 aliphatic rings. The van der Waals surface area contributed by atoms with Gasteiger partial charge in [-0.2, -0.15) is 0 Å². The predicted molar refractivity (Wildman–Crippen MR) is 50.0 cm³/mol. The van der Waals surface area contributed by atoms with Gasteiger partial charge in [0.25, 0.3) is 11.0 Å². The minimum Gasteiger partial charge on any atom is -1.00 e. The molecule has 0 heterocycles. The molecule has 0 aromatic carbocycles. The van der Waals surface area contributed by atoms with E-state index >= 15 is 0 Å². The molecule has 5 nitrogen and oxygen atoms in total. The standard InChI is InChI=1S/C7H17FNO4S.ClH/c1-9(2,3)4-5-12-6-7(8)13-14(10)11;/h7,14H,4-6H2,1-3H3;1H/q+1;/p-1. The number of likely N-dealkylation sites (N-methyl/N-ethyl adjacent to an activating group) is 1. The number of thiol groups is 1. The zero-order chi connectivity index (χ0) is 11.2. The van der Waals surface area contributed by atoms with Gasteiger partial charge in [0, 0.05) is 0 Å². The van der Waals surface area contributed by atoms with Crippen LogP contribution in [0.15, 0.2) is 0 Å². The molecular weight excluding hydrogens is 249 g/mol. The Bertz CT molecular complexity index is 224. The second-order valence-electron chi connectivity index (χ2n) is 3.83. The number of ether oxygens (including phenoxy) is 1. The topological polar surface area (TPSA) is 52.6 Å². The molecule has 1 atom stereocenters. The number of nitrogens with zero attached hydrogens (tertiary/aromatic N) is 1. The first kappa shape index (κ1) is 17.4. The first-order chi connectivity index (χ1) is 6.31. The van der Waals surface area contributed by atoms with Crippen molar-refractivity contribution in [3.63, 3.8) is 0 Å². The molecule has 0 rings (SSSR count). The summed E-state index contributed by atoms with van der Waals surface area (Å²) in [6.45, 7) is 0.725. The van der Waals surface area contributed by atoms with Crippen molar-refractivity contribution in [3.8, 4) is 0 Å². The first-order valence-electron chi connectivity index (χ1n) is 4.15. The number of hydrogen-bond donors (Lipinski definition) is 1. The molecule has 0 aliphatic heterocycles. The lowest BCUT2D eigenvalue weighted by atomic mass is 10.5. The van der Waals surface area contributed by atoms with E-state index in [0.29, 0.717) is 11.1 Å². The van der Waals surface area contributed by atoms with Gasteiger partial charge in [0.15, 0.2) is 0 Å². The number of rotatable bonds is 7. The molecule has 0 saturated heterocycles. The molecule has 1 unspecified atom stereocenters. The molecule has 0 radical (unpaired) electrons. The van der Waals surface area contributed by atoms with Gasteiger partial charge in [-0.1, -0.05) is 0 Å². The number of halogens is 2. The van der Waals surface area contributed by atoms with Crippen LogP contribution in [0, 0.1) is 0 Å². The van der Waals surface area contributed by atoms with E-state index in [1.165, 1.54) is 0 Å². The Morgan fingerprint density at radius 2 is 1.87 bits per heavy atom. The molecule has 0 aliphatic carbocycles. The van der Waals surface area contributed by atoms with Crippen LogP contribution in [-0.2, 0) is 19.9 Å². The average molecular weight is 266 g/mol. The van der Waals surface area contributed by atoms with Crippen molar-refractivity contribution in [2.45, 2.75) is 6.36 Å². The van der Waals surface area contributed by atoms with Gasteiger partial charge >= 0.3 is 0 Å². The summed E-state index contributed by atoms with van der Waals surface area (Å²) < 4.78 is 41.8. The van der Waals surface area contributed by atoms with Gasteiger partial charge in [-0.25, -0.2) is 17.0 Å². The fourth-order valence-corrected chi connectivity index (χ4v) is 0.886. The van der Waals surface area contributed by atoms with Crippen LogP contribution >= 0.6 is 0 Å². The smallest absolute Gasteiger partial charge is 0.259 e. The summed E-state index contributed by atoms with van der Waals surface area (Å²) in [6.07, 6.45) is -1.90. The fraction of sp³-hybridized carbons (Fsp3) is 1.00. The second kappa shape index (κ2) is 8.23. The second-order valence-corrected chi connectivity index (χ2v) is 4.49. The molecular formula is C7H17ClFNO4S. The molecule has 0 spiro atoms. The third-order valence-electron chi connectivity index (χ3n) is 1.36. The molecule has 8 heteroatoms. The van der Waals surface area contributed by atoms with Crippen molar-refractivity contribution < 1.29 is 38.6 Å². The Hall–Kier alpha value is 0.0500. The highest BCUT2D eigenvalue weighted by Gasteiger charge is 2.10. The van der Waals surface area contributed by atoms with Gasteiger partial charge in [0.1, 0.15) is 13.2 Å². The summed E-state index contributed by atoms with van der Waals surface area (Å²) in [5.74, 6) is 0. The van der Waals surface area contributed by atoms with Crippen LogP contribution in [0.4, 0.5) is 4.39 Å². The van der Waals surface area contributed by atoms with E-state index in [0.717, 1.165) is 6.54 Å². The van der Waals surface area contributed by atoms with Crippen LogP contribution in [0.5, 0.6) is 0 Å². The SMILES string of the molecule is C[N+](C)(C)CCOCC(F)O[SH](=O)=O.[Cl-]. The monoisotopic (exact) mass is 265 g/mol. The Balaban J connectivity index is 0. The van der Waals surface area contributed by atoms with Crippen molar-refractivity contribution in [3.05, 3.63) is 0 Å². The van der Waals surface area contributed by atoms with E-state index in [-0.39, 0.29) is 19.0 Å². The third kappa shape index (κ3) is 14.1. The van der Waals surface area contributed by atoms with Crippen LogP contribution < -0.4 is 12.4 Å². The van der Waals surface area contributed by atoms with Crippen LogP contribution in [0.1, 0.15) is 0 Å². The van der Waals surface area contributed by atoms with E-state index in [1.807, 2.05) is 21.1 Å². The predicted octanol–water partition coefficient (Wildman–Crippen LogP) is -3.45. The minimum absolute atomic E-state index is 0. The largest absolute Gasteiger partial charge is 1.00 e. The summed E-state index contributed by atoms with van der Waals surface area (Å²) in [4.78, 5) is 0. The quantitative estimate of drug-likeness (QED) is 0.296. The summed E-state index contributed by atoms with van der Waals surface area (Å²) in [7, 11) is 2.78. The maximum Gasteiger partial charge on any atom is 0.259 e. The Morgan fingerprint density at radius 1 is 1.33 bits per heavy atom. The first-order valence-corrected chi connectivity index (χ1v) is 5.24. The van der Waals surface area contributed by atoms with Gasteiger partial charge in [-0.3, -0.25) is 0 Å². The number of alkyl halides is 1. The van der Waals surface area contributed by atoms with Crippen LogP contribution in [0.25, 0.3) is 0 Å². The fourth-order valence-electron chi connectivity index (χ4n) is 0.638. The Labute approximate surface area is 97.3 Å². The van der Waals surface area contributed by atoms with E-state index < -0.39 is 17.3 Å². The van der Waals surface area contributed by atoms with Crippen molar-refractivity contribution in [1.29, 1.82) is 0 Å². The normalized spacial score (nSPS) is 13.7. The Morgan fingerprint density at radius 3 is 2.27 bits per heavy atom. The lowest BCUT2D eigenvalue weighted by molar-refractivity contribution is -0.870. The van der Waals surface area contributed by atoms with Crippen LogP contribution in [0.3, 0.4) is 0 Å². The van der Waals surface area contributed by atoms with Gasteiger partial charge < -0.3 is 21.6 Å². The van der Waals surface area contributed by atoms with Gasteiger partial charge in [0.05, 0.1) is 27.7 Å². The van der Waals surface area contributed by atoms with E-state index in [4.69, 9.17) is 4.74 Å². The molecule has 0 fully saturated rings. The van der Waals surface area contributed by atoms with Crippen molar-refractivity contribution >= 4 is 11.0 Å². The highest BCUT2D eigenvalue weighted by atomic mass is 35.5. The molecule has 0 bridgehead atoms. The Kier molecular flexibility index (Phi) is 9.57.